The topological polar surface area (TPSA) is 122 Å². The van der Waals surface area contributed by atoms with Crippen LogP contribution >= 0.6 is 0 Å². The Labute approximate surface area is 150 Å². The van der Waals surface area contributed by atoms with E-state index in [4.69, 9.17) is 4.74 Å². The van der Waals surface area contributed by atoms with Crippen LogP contribution < -0.4 is 5.32 Å². The van der Waals surface area contributed by atoms with E-state index in [1.54, 1.807) is 19.1 Å². The molecular weight excluding hydrogens is 340 g/mol. The zero-order valence-electron chi connectivity index (χ0n) is 14.2. The van der Waals surface area contributed by atoms with Crippen molar-refractivity contribution in [1.82, 2.24) is 5.32 Å². The van der Waals surface area contributed by atoms with E-state index in [-0.39, 0.29) is 24.4 Å². The van der Waals surface area contributed by atoms with Crippen molar-refractivity contribution in [2.45, 2.75) is 25.7 Å². The molecule has 8 nitrogen and oxygen atoms in total. The molecule has 2 unspecified atom stereocenters. The van der Waals surface area contributed by atoms with Gasteiger partial charge in [0, 0.05) is 18.7 Å². The van der Waals surface area contributed by atoms with Crippen molar-refractivity contribution in [3.63, 3.8) is 0 Å². The zero-order chi connectivity index (χ0) is 19.1. The van der Waals surface area contributed by atoms with E-state index in [1.165, 1.54) is 18.2 Å². The fourth-order valence-electron chi connectivity index (χ4n) is 2.36. The number of rotatable bonds is 7. The molecule has 0 fully saturated rings. The Hall–Kier alpha value is -2.97. The Kier molecular flexibility index (Phi) is 6.65. The summed E-state index contributed by atoms with van der Waals surface area (Å²) in [6, 6.07) is 13.2. The van der Waals surface area contributed by atoms with Crippen LogP contribution in [0.25, 0.3) is 0 Å². The molecule has 1 amide bonds. The summed E-state index contributed by atoms with van der Waals surface area (Å²) >= 11 is 0. The predicted octanol–water partition coefficient (Wildman–Crippen LogP) is 2.22. The predicted molar refractivity (Wildman–Crippen MR) is 93.4 cm³/mol. The van der Waals surface area contributed by atoms with E-state index in [0.29, 0.717) is 5.56 Å². The maximum Gasteiger partial charge on any atom is 0.407 e. The number of amides is 1. The van der Waals surface area contributed by atoms with Gasteiger partial charge in [-0.15, -0.1) is 0 Å². The molecule has 0 heterocycles. The molecule has 2 aromatic carbocycles. The molecule has 0 aromatic heterocycles. The average molecular weight is 360 g/mol. The van der Waals surface area contributed by atoms with Gasteiger partial charge in [-0.05, 0) is 23.6 Å². The summed E-state index contributed by atoms with van der Waals surface area (Å²) < 4.78 is 5.00. The molecule has 26 heavy (non-hydrogen) atoms. The van der Waals surface area contributed by atoms with Crippen LogP contribution in [0.2, 0.25) is 0 Å². The van der Waals surface area contributed by atoms with Gasteiger partial charge in [-0.3, -0.25) is 10.1 Å². The molecule has 8 heteroatoms. The van der Waals surface area contributed by atoms with Crippen LogP contribution in [0.1, 0.15) is 22.8 Å². The fraction of sp³-hybridized carbons (Fsp3) is 0.278. The quantitative estimate of drug-likeness (QED) is 0.514. The van der Waals surface area contributed by atoms with Crippen molar-refractivity contribution < 1.29 is 24.7 Å². The number of alkyl carbamates (subject to hydrolysis) is 1. The van der Waals surface area contributed by atoms with E-state index >= 15 is 0 Å². The Morgan fingerprint density at radius 1 is 1.23 bits per heavy atom. The first-order valence-corrected chi connectivity index (χ1v) is 7.93. The minimum atomic E-state index is -1.39. The lowest BCUT2D eigenvalue weighted by Gasteiger charge is -2.19. The molecule has 0 radical (unpaired) electrons. The van der Waals surface area contributed by atoms with Crippen LogP contribution in [0.3, 0.4) is 0 Å². The maximum absolute atomic E-state index is 11.7. The summed E-state index contributed by atoms with van der Waals surface area (Å²) in [6.07, 6.45) is -3.47. The molecule has 0 saturated heterocycles. The number of aliphatic hydroxyl groups is 2. The third kappa shape index (κ3) is 5.54. The van der Waals surface area contributed by atoms with Gasteiger partial charge in [0.25, 0.3) is 5.69 Å². The molecule has 0 spiro atoms. The van der Waals surface area contributed by atoms with Crippen molar-refractivity contribution in [3.05, 3.63) is 75.3 Å². The number of carbonyl (C=O) groups excluding carboxylic acids is 1. The van der Waals surface area contributed by atoms with Crippen LogP contribution in [0, 0.1) is 17.0 Å². The number of nitrogens with one attached hydrogen (secondary N) is 1. The monoisotopic (exact) mass is 360 g/mol. The lowest BCUT2D eigenvalue weighted by molar-refractivity contribution is -0.385. The number of nitrogens with zero attached hydrogens (tertiary/aromatic N) is 1. The molecule has 2 atom stereocenters. The number of aliphatic hydroxyl groups excluding tert-OH is 2. The van der Waals surface area contributed by atoms with E-state index in [1.807, 2.05) is 18.2 Å². The molecule has 0 aliphatic rings. The van der Waals surface area contributed by atoms with E-state index < -0.39 is 23.2 Å². The lowest BCUT2D eigenvalue weighted by Crippen LogP contribution is -2.35. The van der Waals surface area contributed by atoms with Crippen LogP contribution in [0.5, 0.6) is 0 Å². The number of ether oxygens (including phenoxy) is 1. The Bertz CT molecular complexity index is 766. The zero-order valence-corrected chi connectivity index (χ0v) is 14.2. The first-order chi connectivity index (χ1) is 12.4. The highest BCUT2D eigenvalue weighted by atomic mass is 16.6. The number of benzene rings is 2. The summed E-state index contributed by atoms with van der Waals surface area (Å²) in [7, 11) is 0. The Morgan fingerprint density at radius 3 is 2.58 bits per heavy atom. The first-order valence-electron chi connectivity index (χ1n) is 7.93. The summed E-state index contributed by atoms with van der Waals surface area (Å²) in [5.41, 5.74) is 1.41. The second kappa shape index (κ2) is 8.93. The summed E-state index contributed by atoms with van der Waals surface area (Å²) in [5.74, 6) is 0. The Morgan fingerprint density at radius 2 is 1.92 bits per heavy atom. The first kappa shape index (κ1) is 19.4. The van der Waals surface area contributed by atoms with Crippen molar-refractivity contribution in [2.24, 2.45) is 0 Å². The van der Waals surface area contributed by atoms with Crippen molar-refractivity contribution in [1.29, 1.82) is 0 Å². The van der Waals surface area contributed by atoms with Gasteiger partial charge in [-0.1, -0.05) is 36.4 Å². The largest absolute Gasteiger partial charge is 0.445 e. The molecule has 0 bridgehead atoms. The van der Waals surface area contributed by atoms with Gasteiger partial charge < -0.3 is 20.3 Å². The van der Waals surface area contributed by atoms with Gasteiger partial charge in [0.1, 0.15) is 18.8 Å². The summed E-state index contributed by atoms with van der Waals surface area (Å²) in [4.78, 5) is 22.0. The molecular formula is C18H20N2O6. The van der Waals surface area contributed by atoms with Crippen molar-refractivity contribution in [3.8, 4) is 0 Å². The lowest BCUT2D eigenvalue weighted by atomic mass is 10.0. The smallest absolute Gasteiger partial charge is 0.407 e. The minimum Gasteiger partial charge on any atom is -0.445 e. The highest BCUT2D eigenvalue weighted by Gasteiger charge is 2.22. The number of hydrogen-bond donors (Lipinski definition) is 3. The van der Waals surface area contributed by atoms with Crippen LogP contribution in [-0.2, 0) is 11.3 Å². The molecule has 2 aromatic rings. The maximum atomic E-state index is 11.7. The van der Waals surface area contributed by atoms with Gasteiger partial charge >= 0.3 is 6.09 Å². The third-order valence-corrected chi connectivity index (χ3v) is 3.67. The fourth-order valence-corrected chi connectivity index (χ4v) is 2.36. The van der Waals surface area contributed by atoms with Gasteiger partial charge in [0.05, 0.1) is 4.92 Å². The van der Waals surface area contributed by atoms with Crippen LogP contribution in [0.4, 0.5) is 10.5 Å². The van der Waals surface area contributed by atoms with Crippen molar-refractivity contribution in [2.75, 3.05) is 6.54 Å². The standard InChI is InChI=1S/C18H20N2O6/c1-12-7-14(9-15(8-12)20(24)25)17(22)16(21)10-19-18(23)26-11-13-5-3-2-4-6-13/h2-9,16-17,21-22H,10-11H2,1H3,(H,19,23). The minimum absolute atomic E-state index is 0.0788. The number of nitro groups is 1. The molecule has 0 saturated carbocycles. The number of carbonyl (C=O) groups is 1. The van der Waals surface area contributed by atoms with E-state index in [0.717, 1.165) is 5.56 Å². The highest BCUT2D eigenvalue weighted by Crippen LogP contribution is 2.23. The van der Waals surface area contributed by atoms with Gasteiger partial charge in [0.2, 0.25) is 0 Å². The second-order valence-electron chi connectivity index (χ2n) is 5.81. The van der Waals surface area contributed by atoms with Crippen molar-refractivity contribution >= 4 is 11.8 Å². The molecule has 3 N–H and O–H groups in total. The molecule has 0 aliphatic carbocycles. The highest BCUT2D eigenvalue weighted by molar-refractivity contribution is 5.67. The van der Waals surface area contributed by atoms with E-state index in [2.05, 4.69) is 5.32 Å². The summed E-state index contributed by atoms with van der Waals surface area (Å²) in [5, 5.41) is 33.5. The summed E-state index contributed by atoms with van der Waals surface area (Å²) in [6.45, 7) is 1.46. The SMILES string of the molecule is Cc1cc(C(O)C(O)CNC(=O)OCc2ccccc2)cc([N+](=O)[O-])c1. The van der Waals surface area contributed by atoms with Crippen LogP contribution in [0.15, 0.2) is 48.5 Å². The molecule has 0 aliphatic heterocycles. The normalized spacial score (nSPS) is 12.9. The third-order valence-electron chi connectivity index (χ3n) is 3.67. The average Bonchev–Trinajstić information content (AvgIpc) is 2.64. The van der Waals surface area contributed by atoms with Crippen LogP contribution in [-0.4, -0.2) is 33.9 Å². The number of hydrogen-bond acceptors (Lipinski definition) is 6. The van der Waals surface area contributed by atoms with Gasteiger partial charge in [-0.2, -0.15) is 0 Å². The van der Waals surface area contributed by atoms with Gasteiger partial charge in [0.15, 0.2) is 0 Å². The Balaban J connectivity index is 1.87. The number of aryl methyl sites for hydroxylation is 1. The molecule has 138 valence electrons. The second-order valence-corrected chi connectivity index (χ2v) is 5.81. The molecule has 2 rings (SSSR count). The van der Waals surface area contributed by atoms with E-state index in [9.17, 15) is 25.1 Å². The number of non-ortho nitro benzene ring substituents is 1. The number of nitro benzene ring substituents is 1. The van der Waals surface area contributed by atoms with Gasteiger partial charge in [-0.25, -0.2) is 4.79 Å².